The first-order valence-electron chi connectivity index (χ1n) is 10.2. The van der Waals surface area contributed by atoms with Crippen LogP contribution in [0.2, 0.25) is 0 Å². The third-order valence-electron chi connectivity index (χ3n) is 6.30. The summed E-state index contributed by atoms with van der Waals surface area (Å²) in [6.45, 7) is 4.03. The Morgan fingerprint density at radius 1 is 1.03 bits per heavy atom. The van der Waals surface area contributed by atoms with Crippen molar-refractivity contribution >= 4 is 39.9 Å². The van der Waals surface area contributed by atoms with Crippen LogP contribution in [0.15, 0.2) is 36.4 Å². The number of hydrogen-bond donors (Lipinski definition) is 1. The fourth-order valence-corrected chi connectivity index (χ4v) is 5.52. The van der Waals surface area contributed by atoms with Crippen LogP contribution in [0.1, 0.15) is 48.0 Å². The smallest absolute Gasteiger partial charge is 0.257 e. The van der Waals surface area contributed by atoms with Gasteiger partial charge in [0, 0.05) is 11.5 Å². The molecule has 1 N–H and O–H groups in total. The van der Waals surface area contributed by atoms with E-state index in [0.29, 0.717) is 16.4 Å². The number of amides is 3. The Bertz CT molecular complexity index is 1030. The van der Waals surface area contributed by atoms with E-state index in [4.69, 9.17) is 0 Å². The van der Waals surface area contributed by atoms with Gasteiger partial charge in [-0.1, -0.05) is 37.3 Å². The Hall–Kier alpha value is -2.87. The van der Waals surface area contributed by atoms with Gasteiger partial charge in [-0.3, -0.25) is 24.6 Å². The van der Waals surface area contributed by atoms with E-state index in [1.54, 1.807) is 24.3 Å². The van der Waals surface area contributed by atoms with Crippen molar-refractivity contribution in [2.24, 2.45) is 23.7 Å². The molecule has 2 heterocycles. The number of imide groups is 1. The second kappa shape index (κ2) is 7.12. The van der Waals surface area contributed by atoms with E-state index >= 15 is 0 Å². The Kier molecular flexibility index (Phi) is 4.54. The van der Waals surface area contributed by atoms with Crippen molar-refractivity contribution in [3.8, 4) is 0 Å². The zero-order valence-electron chi connectivity index (χ0n) is 16.7. The lowest BCUT2D eigenvalue weighted by molar-refractivity contribution is -0.124. The van der Waals surface area contributed by atoms with Gasteiger partial charge in [-0.2, -0.15) is 0 Å². The number of allylic oxidation sites excluding steroid dienone is 2. The van der Waals surface area contributed by atoms with Crippen LogP contribution >= 0.6 is 11.3 Å². The minimum Gasteiger partial charge on any atom is -0.296 e. The quantitative estimate of drug-likeness (QED) is 0.600. The van der Waals surface area contributed by atoms with Crippen LogP contribution in [-0.2, 0) is 9.59 Å². The topological polar surface area (TPSA) is 92.3 Å². The van der Waals surface area contributed by atoms with E-state index < -0.39 is 0 Å². The van der Waals surface area contributed by atoms with E-state index in [-0.39, 0.29) is 47.3 Å². The third-order valence-corrected chi connectivity index (χ3v) is 7.44. The predicted octanol–water partition coefficient (Wildman–Crippen LogP) is 3.62. The highest BCUT2D eigenvalue weighted by atomic mass is 32.1. The van der Waals surface area contributed by atoms with Gasteiger partial charge in [0.1, 0.15) is 5.01 Å². The predicted molar refractivity (Wildman–Crippen MR) is 113 cm³/mol. The van der Waals surface area contributed by atoms with E-state index in [1.165, 1.54) is 16.2 Å². The molecule has 154 valence electrons. The Balaban J connectivity index is 1.33. The van der Waals surface area contributed by atoms with Crippen molar-refractivity contribution in [2.75, 3.05) is 10.2 Å². The van der Waals surface area contributed by atoms with Crippen LogP contribution < -0.4 is 10.2 Å². The average Bonchev–Trinajstić information content (AvgIpc) is 3.33. The van der Waals surface area contributed by atoms with Gasteiger partial charge in [-0.05, 0) is 48.9 Å². The van der Waals surface area contributed by atoms with Crippen LogP contribution in [0.25, 0.3) is 0 Å². The second-order valence-electron chi connectivity index (χ2n) is 8.45. The van der Waals surface area contributed by atoms with Gasteiger partial charge in [-0.15, -0.1) is 10.2 Å². The maximum Gasteiger partial charge on any atom is 0.257 e. The van der Waals surface area contributed by atoms with E-state index in [2.05, 4.69) is 27.7 Å². The normalized spacial score (nSPS) is 27.1. The molecule has 1 aliphatic heterocycles. The van der Waals surface area contributed by atoms with Crippen LogP contribution in [0, 0.1) is 23.7 Å². The third kappa shape index (κ3) is 2.98. The Morgan fingerprint density at radius 3 is 2.13 bits per heavy atom. The second-order valence-corrected chi connectivity index (χ2v) is 9.46. The number of benzene rings is 1. The minimum absolute atomic E-state index is 0.115. The number of nitrogens with zero attached hydrogens (tertiary/aromatic N) is 3. The monoisotopic (exact) mass is 422 g/mol. The Labute approximate surface area is 178 Å². The van der Waals surface area contributed by atoms with Crippen LogP contribution in [0.5, 0.6) is 0 Å². The van der Waals surface area contributed by atoms with Crippen LogP contribution in [0.4, 0.5) is 10.8 Å². The molecule has 3 aliphatic carbocycles. The zero-order valence-corrected chi connectivity index (χ0v) is 17.6. The van der Waals surface area contributed by atoms with Crippen LogP contribution in [-0.4, -0.2) is 27.9 Å². The van der Waals surface area contributed by atoms with E-state index in [1.807, 2.05) is 13.8 Å². The molecule has 2 aromatic rings. The number of aromatic nitrogens is 2. The summed E-state index contributed by atoms with van der Waals surface area (Å²) in [5.41, 5.74) is 0.951. The summed E-state index contributed by atoms with van der Waals surface area (Å²) in [4.78, 5) is 39.9. The van der Waals surface area contributed by atoms with Gasteiger partial charge in [0.25, 0.3) is 5.91 Å². The number of nitrogens with one attached hydrogen (secondary N) is 1. The molecule has 0 radical (unpaired) electrons. The van der Waals surface area contributed by atoms with Crippen molar-refractivity contribution in [3.05, 3.63) is 47.0 Å². The van der Waals surface area contributed by atoms with Gasteiger partial charge in [-0.25, -0.2) is 0 Å². The molecule has 8 heteroatoms. The molecule has 4 aliphatic rings. The standard InChI is InChI=1S/C22H22N4O3S/c1-11(2)19-24-25-22(30-19)23-18(27)14-7-9-15(10-8-14)26-20(28)16-12-3-4-13(6-5-12)17(16)21(26)29/h3-4,7-13,16-17H,5-6H2,1-2H3,(H,23,25,27). The molecule has 6 rings (SSSR count). The molecule has 1 aromatic heterocycles. The minimum atomic E-state index is -0.303. The molecule has 4 atom stereocenters. The summed E-state index contributed by atoms with van der Waals surface area (Å²) in [5.74, 6) is -0.440. The van der Waals surface area contributed by atoms with Crippen molar-refractivity contribution in [1.82, 2.24) is 10.2 Å². The van der Waals surface area contributed by atoms with Gasteiger partial charge < -0.3 is 0 Å². The Morgan fingerprint density at radius 2 is 1.63 bits per heavy atom. The maximum absolute atomic E-state index is 13.0. The molecule has 1 saturated carbocycles. The first kappa shape index (κ1) is 19.1. The fraction of sp³-hybridized carbons (Fsp3) is 0.409. The van der Waals surface area contributed by atoms with E-state index in [9.17, 15) is 14.4 Å². The van der Waals surface area contributed by atoms with Crippen molar-refractivity contribution in [1.29, 1.82) is 0 Å². The summed E-state index contributed by atoms with van der Waals surface area (Å²) in [6.07, 6.45) is 6.15. The number of anilines is 2. The summed E-state index contributed by atoms with van der Waals surface area (Å²) in [7, 11) is 0. The molecule has 4 unspecified atom stereocenters. The fourth-order valence-electron chi connectivity index (χ4n) is 4.78. The SMILES string of the molecule is CC(C)c1nnc(NC(=O)c2ccc(N3C(=O)C4C5C=CC(CC5)C4C3=O)cc2)s1. The summed E-state index contributed by atoms with van der Waals surface area (Å²) in [5, 5.41) is 12.1. The average molecular weight is 423 g/mol. The van der Waals surface area contributed by atoms with Crippen molar-refractivity contribution in [2.45, 2.75) is 32.6 Å². The lowest BCUT2D eigenvalue weighted by Crippen LogP contribution is -2.38. The lowest BCUT2D eigenvalue weighted by atomic mass is 9.63. The number of carbonyl (C=O) groups excluding carboxylic acids is 3. The maximum atomic E-state index is 13.0. The van der Waals surface area contributed by atoms with Crippen molar-refractivity contribution in [3.63, 3.8) is 0 Å². The van der Waals surface area contributed by atoms with Crippen molar-refractivity contribution < 1.29 is 14.4 Å². The number of carbonyl (C=O) groups is 3. The van der Waals surface area contributed by atoms with Crippen LogP contribution in [0.3, 0.4) is 0 Å². The van der Waals surface area contributed by atoms with Gasteiger partial charge >= 0.3 is 0 Å². The first-order chi connectivity index (χ1) is 14.4. The summed E-state index contributed by atoms with van der Waals surface area (Å²) >= 11 is 1.35. The molecule has 1 saturated heterocycles. The van der Waals surface area contributed by atoms with Gasteiger partial charge in [0.15, 0.2) is 0 Å². The molecule has 1 aromatic carbocycles. The first-order valence-corrected chi connectivity index (χ1v) is 11.1. The zero-order chi connectivity index (χ0) is 21.0. The lowest BCUT2D eigenvalue weighted by Gasteiger charge is -2.38. The molecule has 7 nitrogen and oxygen atoms in total. The van der Waals surface area contributed by atoms with Gasteiger partial charge in [0.2, 0.25) is 16.9 Å². The molecule has 2 bridgehead atoms. The molecule has 3 amide bonds. The molecule has 2 fully saturated rings. The molecular weight excluding hydrogens is 400 g/mol. The summed E-state index contributed by atoms with van der Waals surface area (Å²) < 4.78 is 0. The number of rotatable bonds is 4. The largest absolute Gasteiger partial charge is 0.296 e. The molecule has 0 spiro atoms. The summed E-state index contributed by atoms with van der Waals surface area (Å²) in [6, 6.07) is 6.59. The van der Waals surface area contributed by atoms with Gasteiger partial charge in [0.05, 0.1) is 17.5 Å². The highest BCUT2D eigenvalue weighted by Crippen LogP contribution is 2.50. The van der Waals surface area contributed by atoms with E-state index in [0.717, 1.165) is 17.8 Å². The highest BCUT2D eigenvalue weighted by Gasteiger charge is 2.56. The molecule has 30 heavy (non-hydrogen) atoms. The molecular formula is C22H22N4O3S. The number of fused-ring (bicyclic) bond motifs is 1. The highest BCUT2D eigenvalue weighted by molar-refractivity contribution is 7.15. The number of hydrogen-bond acceptors (Lipinski definition) is 6.